The Labute approximate surface area is 216 Å². The fourth-order valence-corrected chi connectivity index (χ4v) is 4.66. The van der Waals surface area contributed by atoms with Crippen LogP contribution >= 0.6 is 11.8 Å². The predicted molar refractivity (Wildman–Crippen MR) is 142 cm³/mol. The van der Waals surface area contributed by atoms with Gasteiger partial charge in [-0.05, 0) is 42.5 Å². The molecule has 2 heterocycles. The lowest BCUT2D eigenvalue weighted by molar-refractivity contribution is -0.113. The average molecular weight is 514 g/mol. The maximum absolute atomic E-state index is 12.7. The highest BCUT2D eigenvalue weighted by atomic mass is 32.2. The van der Waals surface area contributed by atoms with Crippen molar-refractivity contribution in [3.05, 3.63) is 84.6 Å². The molecule has 5 rings (SSSR count). The third-order valence-electron chi connectivity index (χ3n) is 5.70. The number of thioether (sulfide) groups is 1. The molecule has 0 saturated carbocycles. The lowest BCUT2D eigenvalue weighted by Gasteiger charge is -2.11. The Kier molecular flexibility index (Phi) is 6.91. The van der Waals surface area contributed by atoms with Crippen molar-refractivity contribution in [2.24, 2.45) is 0 Å². The first-order chi connectivity index (χ1) is 18.1. The Bertz CT molecular complexity index is 1580. The molecular weight excluding hydrogens is 490 g/mol. The number of rotatable bonds is 8. The number of aromatic nitrogens is 4. The molecule has 0 aliphatic heterocycles. The molecule has 0 spiro atoms. The average Bonchev–Trinajstić information content (AvgIpc) is 3.56. The Hall–Kier alpha value is -4.57. The van der Waals surface area contributed by atoms with Gasteiger partial charge >= 0.3 is 5.97 Å². The molecule has 3 aromatic carbocycles. The molecule has 2 N–H and O–H groups in total. The number of aromatic amines is 1. The van der Waals surface area contributed by atoms with E-state index in [0.717, 1.165) is 22.2 Å². The van der Waals surface area contributed by atoms with E-state index in [0.29, 0.717) is 28.0 Å². The van der Waals surface area contributed by atoms with Crippen LogP contribution in [0.2, 0.25) is 0 Å². The highest BCUT2D eigenvalue weighted by Crippen LogP contribution is 2.33. The molecule has 10 heteroatoms. The van der Waals surface area contributed by atoms with Gasteiger partial charge in [0.1, 0.15) is 5.75 Å². The van der Waals surface area contributed by atoms with Gasteiger partial charge in [0.25, 0.3) is 0 Å². The molecular formula is C27H23N5O4S. The molecule has 186 valence electrons. The number of methoxy groups -OCH3 is 2. The number of esters is 1. The van der Waals surface area contributed by atoms with Crippen LogP contribution in [0.1, 0.15) is 10.4 Å². The minimum Gasteiger partial charge on any atom is -0.497 e. The van der Waals surface area contributed by atoms with Crippen LogP contribution in [0, 0.1) is 0 Å². The van der Waals surface area contributed by atoms with Crippen molar-refractivity contribution >= 4 is 40.2 Å². The second kappa shape index (κ2) is 10.6. The van der Waals surface area contributed by atoms with E-state index >= 15 is 0 Å². The fraction of sp³-hybridized carbons (Fsp3) is 0.111. The molecule has 2 aromatic heterocycles. The van der Waals surface area contributed by atoms with E-state index in [4.69, 9.17) is 9.47 Å². The Balaban J connectivity index is 1.42. The van der Waals surface area contributed by atoms with Gasteiger partial charge in [-0.3, -0.25) is 9.36 Å². The fourth-order valence-electron chi connectivity index (χ4n) is 3.91. The molecule has 0 bridgehead atoms. The van der Waals surface area contributed by atoms with Crippen LogP contribution in [0.3, 0.4) is 0 Å². The summed E-state index contributed by atoms with van der Waals surface area (Å²) in [5, 5.41) is 13.3. The maximum Gasteiger partial charge on any atom is 0.337 e. The van der Waals surface area contributed by atoms with Crippen molar-refractivity contribution in [2.45, 2.75) is 5.16 Å². The van der Waals surface area contributed by atoms with E-state index in [1.54, 1.807) is 31.4 Å². The number of fused-ring (bicyclic) bond motifs is 1. The van der Waals surface area contributed by atoms with Crippen molar-refractivity contribution in [1.29, 1.82) is 0 Å². The summed E-state index contributed by atoms with van der Waals surface area (Å²) in [5.74, 6) is 0.794. The van der Waals surface area contributed by atoms with Gasteiger partial charge in [0.2, 0.25) is 5.91 Å². The van der Waals surface area contributed by atoms with E-state index in [1.165, 1.54) is 18.9 Å². The van der Waals surface area contributed by atoms with Crippen molar-refractivity contribution in [1.82, 2.24) is 19.7 Å². The van der Waals surface area contributed by atoms with Gasteiger partial charge in [-0.2, -0.15) is 0 Å². The molecule has 1 amide bonds. The van der Waals surface area contributed by atoms with Gasteiger partial charge in [-0.25, -0.2) is 4.79 Å². The Morgan fingerprint density at radius 2 is 1.81 bits per heavy atom. The lowest BCUT2D eigenvalue weighted by Crippen LogP contribution is -2.14. The molecule has 0 aliphatic rings. The SMILES string of the molecule is COC(=O)c1ccc(NC(=O)CSc2nnc(-c3c[nH]c4ccccc34)n2-c2cccc(OC)c2)cc1. The molecule has 5 aromatic rings. The predicted octanol–water partition coefficient (Wildman–Crippen LogP) is 4.94. The van der Waals surface area contributed by atoms with Gasteiger partial charge in [-0.1, -0.05) is 36.0 Å². The van der Waals surface area contributed by atoms with Crippen molar-refractivity contribution in [3.63, 3.8) is 0 Å². The van der Waals surface area contributed by atoms with Gasteiger partial charge < -0.3 is 19.8 Å². The monoisotopic (exact) mass is 513 g/mol. The Morgan fingerprint density at radius 1 is 1.00 bits per heavy atom. The summed E-state index contributed by atoms with van der Waals surface area (Å²) in [6.45, 7) is 0. The summed E-state index contributed by atoms with van der Waals surface area (Å²) in [6.07, 6.45) is 1.91. The number of H-pyrrole nitrogens is 1. The number of anilines is 1. The number of para-hydroxylation sites is 1. The molecule has 37 heavy (non-hydrogen) atoms. The normalized spacial score (nSPS) is 10.9. The number of amides is 1. The molecule has 0 atom stereocenters. The largest absolute Gasteiger partial charge is 0.497 e. The highest BCUT2D eigenvalue weighted by Gasteiger charge is 2.20. The van der Waals surface area contributed by atoms with E-state index in [2.05, 4.69) is 20.5 Å². The number of nitrogens with zero attached hydrogens (tertiary/aromatic N) is 3. The van der Waals surface area contributed by atoms with Gasteiger partial charge in [0.15, 0.2) is 11.0 Å². The number of benzene rings is 3. The van der Waals surface area contributed by atoms with Gasteiger partial charge in [0.05, 0.1) is 31.2 Å². The Morgan fingerprint density at radius 3 is 2.59 bits per heavy atom. The first kappa shape index (κ1) is 24.1. The van der Waals surface area contributed by atoms with Crippen LogP contribution in [0.5, 0.6) is 5.75 Å². The zero-order valence-corrected chi connectivity index (χ0v) is 20.9. The number of carbonyl (C=O) groups is 2. The number of nitrogens with one attached hydrogen (secondary N) is 2. The number of hydrogen-bond donors (Lipinski definition) is 2. The smallest absolute Gasteiger partial charge is 0.337 e. The van der Waals surface area contributed by atoms with Crippen molar-refractivity contribution in [2.75, 3.05) is 25.3 Å². The zero-order valence-electron chi connectivity index (χ0n) is 20.1. The van der Waals surface area contributed by atoms with Crippen LogP contribution in [0.4, 0.5) is 5.69 Å². The maximum atomic E-state index is 12.7. The molecule has 9 nitrogen and oxygen atoms in total. The second-order valence-corrected chi connectivity index (χ2v) is 8.94. The summed E-state index contributed by atoms with van der Waals surface area (Å²) in [4.78, 5) is 27.6. The van der Waals surface area contributed by atoms with Crippen LogP contribution in [0.15, 0.2) is 84.1 Å². The van der Waals surface area contributed by atoms with Crippen LogP contribution < -0.4 is 10.1 Å². The highest BCUT2D eigenvalue weighted by molar-refractivity contribution is 7.99. The van der Waals surface area contributed by atoms with Crippen molar-refractivity contribution in [3.8, 4) is 22.8 Å². The summed E-state index contributed by atoms with van der Waals surface area (Å²) in [6, 6.07) is 22.1. The first-order valence-electron chi connectivity index (χ1n) is 11.3. The van der Waals surface area contributed by atoms with Crippen LogP contribution in [-0.2, 0) is 9.53 Å². The van der Waals surface area contributed by atoms with E-state index in [1.807, 2.05) is 59.3 Å². The third-order valence-corrected chi connectivity index (χ3v) is 6.63. The summed E-state index contributed by atoms with van der Waals surface area (Å²) in [5.41, 5.74) is 3.68. The second-order valence-electron chi connectivity index (χ2n) is 8.00. The number of ether oxygens (including phenoxy) is 2. The number of hydrogen-bond acceptors (Lipinski definition) is 7. The summed E-state index contributed by atoms with van der Waals surface area (Å²) < 4.78 is 12.1. The minimum atomic E-state index is -0.434. The minimum absolute atomic E-state index is 0.106. The molecule has 0 aliphatic carbocycles. The first-order valence-corrected chi connectivity index (χ1v) is 12.3. The standard InChI is InChI=1S/C27H23N5O4S/c1-35-20-7-5-6-19(14-20)32-25(22-15-28-23-9-4-3-8-21(22)23)30-31-27(32)37-16-24(33)29-18-12-10-17(11-13-18)26(34)36-2/h3-15,28H,16H2,1-2H3,(H,29,33). The molecule has 0 radical (unpaired) electrons. The quantitative estimate of drug-likeness (QED) is 0.223. The molecule has 0 unspecified atom stereocenters. The third kappa shape index (κ3) is 5.05. The molecule has 0 fully saturated rings. The topological polar surface area (TPSA) is 111 Å². The van der Waals surface area contributed by atoms with Gasteiger partial charge in [0, 0.05) is 34.4 Å². The van der Waals surface area contributed by atoms with Crippen molar-refractivity contribution < 1.29 is 19.1 Å². The summed E-state index contributed by atoms with van der Waals surface area (Å²) >= 11 is 1.27. The van der Waals surface area contributed by atoms with E-state index in [9.17, 15) is 9.59 Å². The van der Waals surface area contributed by atoms with Crippen LogP contribution in [-0.4, -0.2) is 51.6 Å². The lowest BCUT2D eigenvalue weighted by atomic mass is 10.1. The zero-order chi connectivity index (χ0) is 25.8. The van der Waals surface area contributed by atoms with Gasteiger partial charge in [-0.15, -0.1) is 10.2 Å². The summed E-state index contributed by atoms with van der Waals surface area (Å²) in [7, 11) is 2.94. The molecule has 0 saturated heterocycles. The van der Waals surface area contributed by atoms with Crippen LogP contribution in [0.25, 0.3) is 28.0 Å². The number of carbonyl (C=O) groups excluding carboxylic acids is 2. The van der Waals surface area contributed by atoms with E-state index < -0.39 is 5.97 Å². The van der Waals surface area contributed by atoms with E-state index in [-0.39, 0.29) is 11.7 Å².